The summed E-state index contributed by atoms with van der Waals surface area (Å²) in [5, 5.41) is 2.16. The molecule has 2 atom stereocenters. The van der Waals surface area contributed by atoms with Gasteiger partial charge in [-0.25, -0.2) is 0 Å². The Balaban J connectivity index is 2.22. The van der Waals surface area contributed by atoms with E-state index in [0.717, 1.165) is 0 Å². The molecule has 2 N–H and O–H groups in total. The summed E-state index contributed by atoms with van der Waals surface area (Å²) in [6.07, 6.45) is 2.50. The van der Waals surface area contributed by atoms with E-state index in [2.05, 4.69) is 18.4 Å². The molecule has 1 nitrogen and oxygen atoms in total. The second-order valence-corrected chi connectivity index (χ2v) is 4.40. The molecular weight excluding hydrogens is 154 g/mol. The van der Waals surface area contributed by atoms with E-state index in [9.17, 15) is 0 Å². The van der Waals surface area contributed by atoms with E-state index in [1.807, 2.05) is 11.3 Å². The standard InChI is InChI=1S/C9H13NS/c1-6-7(4-5-11-6)8-2-3-9(8)10/h4-5,8-9H,2-3,10H2,1H3. The molecule has 0 radical (unpaired) electrons. The van der Waals surface area contributed by atoms with Crippen molar-refractivity contribution in [2.75, 3.05) is 0 Å². The molecule has 1 aromatic heterocycles. The van der Waals surface area contributed by atoms with Crippen LogP contribution in [0.1, 0.15) is 29.2 Å². The van der Waals surface area contributed by atoms with Crippen molar-refractivity contribution in [1.29, 1.82) is 0 Å². The van der Waals surface area contributed by atoms with Crippen molar-refractivity contribution in [3.8, 4) is 0 Å². The first-order valence-electron chi connectivity index (χ1n) is 4.08. The van der Waals surface area contributed by atoms with Gasteiger partial charge >= 0.3 is 0 Å². The van der Waals surface area contributed by atoms with Gasteiger partial charge in [-0.2, -0.15) is 0 Å². The molecule has 1 heterocycles. The predicted octanol–water partition coefficient (Wildman–Crippen LogP) is 2.26. The van der Waals surface area contributed by atoms with E-state index < -0.39 is 0 Å². The second-order valence-electron chi connectivity index (χ2n) is 3.28. The Morgan fingerprint density at radius 3 is 2.73 bits per heavy atom. The third-order valence-corrected chi connectivity index (χ3v) is 3.49. The Labute approximate surface area is 71.2 Å². The summed E-state index contributed by atoms with van der Waals surface area (Å²) >= 11 is 1.83. The van der Waals surface area contributed by atoms with Crippen molar-refractivity contribution < 1.29 is 0 Å². The fraction of sp³-hybridized carbons (Fsp3) is 0.556. The fourth-order valence-electron chi connectivity index (χ4n) is 1.69. The van der Waals surface area contributed by atoms with E-state index >= 15 is 0 Å². The number of rotatable bonds is 1. The summed E-state index contributed by atoms with van der Waals surface area (Å²) in [5.41, 5.74) is 7.38. The summed E-state index contributed by atoms with van der Waals surface area (Å²) < 4.78 is 0. The van der Waals surface area contributed by atoms with Gasteiger partial charge in [0.1, 0.15) is 0 Å². The summed E-state index contributed by atoms with van der Waals surface area (Å²) in [6, 6.07) is 2.66. The van der Waals surface area contributed by atoms with Crippen molar-refractivity contribution in [3.05, 3.63) is 21.9 Å². The minimum atomic E-state index is 0.434. The van der Waals surface area contributed by atoms with Crippen LogP contribution in [-0.2, 0) is 0 Å². The van der Waals surface area contributed by atoms with Crippen LogP contribution in [0.4, 0.5) is 0 Å². The number of nitrogens with two attached hydrogens (primary N) is 1. The van der Waals surface area contributed by atoms with Crippen LogP contribution in [0.5, 0.6) is 0 Å². The summed E-state index contributed by atoms with van der Waals surface area (Å²) in [6.45, 7) is 2.19. The smallest absolute Gasteiger partial charge is 0.0108 e. The van der Waals surface area contributed by atoms with Gasteiger partial charge in [-0.3, -0.25) is 0 Å². The molecule has 2 rings (SSSR count). The van der Waals surface area contributed by atoms with Crippen LogP contribution in [0.3, 0.4) is 0 Å². The van der Waals surface area contributed by atoms with E-state index in [1.54, 1.807) is 0 Å². The maximum Gasteiger partial charge on any atom is 0.0108 e. The highest BCUT2D eigenvalue weighted by Crippen LogP contribution is 2.38. The van der Waals surface area contributed by atoms with Crippen LogP contribution in [0, 0.1) is 6.92 Å². The topological polar surface area (TPSA) is 26.0 Å². The third kappa shape index (κ3) is 1.10. The van der Waals surface area contributed by atoms with Gasteiger partial charge in [0.05, 0.1) is 0 Å². The van der Waals surface area contributed by atoms with Gasteiger partial charge < -0.3 is 5.73 Å². The minimum Gasteiger partial charge on any atom is -0.327 e. The lowest BCUT2D eigenvalue weighted by atomic mass is 9.76. The first kappa shape index (κ1) is 7.32. The van der Waals surface area contributed by atoms with E-state index in [4.69, 9.17) is 5.73 Å². The van der Waals surface area contributed by atoms with E-state index in [0.29, 0.717) is 12.0 Å². The molecule has 2 unspecified atom stereocenters. The molecule has 0 amide bonds. The fourth-order valence-corrected chi connectivity index (χ4v) is 2.47. The number of hydrogen-bond acceptors (Lipinski definition) is 2. The van der Waals surface area contributed by atoms with Crippen LogP contribution in [0.25, 0.3) is 0 Å². The van der Waals surface area contributed by atoms with Gasteiger partial charge in [-0.15, -0.1) is 11.3 Å². The van der Waals surface area contributed by atoms with Gasteiger partial charge in [0.15, 0.2) is 0 Å². The highest BCUT2D eigenvalue weighted by atomic mass is 32.1. The predicted molar refractivity (Wildman–Crippen MR) is 49.0 cm³/mol. The Morgan fingerprint density at radius 1 is 1.55 bits per heavy atom. The quantitative estimate of drug-likeness (QED) is 0.682. The average molecular weight is 167 g/mol. The Kier molecular flexibility index (Phi) is 1.74. The molecule has 0 spiro atoms. The van der Waals surface area contributed by atoms with Gasteiger partial charge in [0, 0.05) is 16.8 Å². The maximum absolute atomic E-state index is 5.89. The van der Waals surface area contributed by atoms with Gasteiger partial charge in [0.25, 0.3) is 0 Å². The Morgan fingerprint density at radius 2 is 2.36 bits per heavy atom. The zero-order valence-electron chi connectivity index (χ0n) is 6.71. The van der Waals surface area contributed by atoms with Crippen molar-refractivity contribution in [1.82, 2.24) is 0 Å². The highest BCUT2D eigenvalue weighted by Gasteiger charge is 2.29. The van der Waals surface area contributed by atoms with Crippen LogP contribution in [-0.4, -0.2) is 6.04 Å². The molecule has 1 aliphatic carbocycles. The third-order valence-electron chi connectivity index (χ3n) is 2.63. The SMILES string of the molecule is Cc1sccc1C1CCC1N. The van der Waals surface area contributed by atoms with E-state index in [1.165, 1.54) is 23.3 Å². The van der Waals surface area contributed by atoms with Crippen molar-refractivity contribution in [3.63, 3.8) is 0 Å². The summed E-state index contributed by atoms with van der Waals surface area (Å²) in [5.74, 6) is 0.668. The normalized spacial score (nSPS) is 30.0. The molecule has 0 aliphatic heterocycles. The zero-order chi connectivity index (χ0) is 7.84. The second kappa shape index (κ2) is 2.61. The number of hydrogen-bond donors (Lipinski definition) is 1. The Hall–Kier alpha value is -0.340. The molecule has 0 saturated heterocycles. The van der Waals surface area contributed by atoms with Gasteiger partial charge in [-0.1, -0.05) is 0 Å². The lowest BCUT2D eigenvalue weighted by Gasteiger charge is -2.33. The van der Waals surface area contributed by atoms with Crippen molar-refractivity contribution >= 4 is 11.3 Å². The first-order valence-corrected chi connectivity index (χ1v) is 4.96. The van der Waals surface area contributed by atoms with Gasteiger partial charge in [-0.05, 0) is 36.8 Å². The number of aryl methyl sites for hydroxylation is 1. The lowest BCUT2D eigenvalue weighted by Crippen LogP contribution is -2.37. The molecule has 0 bridgehead atoms. The average Bonchev–Trinajstić information content (AvgIpc) is 2.34. The molecule has 2 heteroatoms. The monoisotopic (exact) mass is 167 g/mol. The van der Waals surface area contributed by atoms with Crippen molar-refractivity contribution in [2.24, 2.45) is 5.73 Å². The first-order chi connectivity index (χ1) is 5.29. The van der Waals surface area contributed by atoms with Crippen molar-refractivity contribution in [2.45, 2.75) is 31.7 Å². The number of thiophene rings is 1. The molecule has 60 valence electrons. The molecule has 11 heavy (non-hydrogen) atoms. The molecule has 0 aromatic carbocycles. The van der Waals surface area contributed by atoms with Crippen LogP contribution in [0.2, 0.25) is 0 Å². The lowest BCUT2D eigenvalue weighted by molar-refractivity contribution is 0.346. The molecular formula is C9H13NS. The van der Waals surface area contributed by atoms with Crippen LogP contribution >= 0.6 is 11.3 Å². The minimum absolute atomic E-state index is 0.434. The maximum atomic E-state index is 5.89. The zero-order valence-corrected chi connectivity index (χ0v) is 7.53. The van der Waals surface area contributed by atoms with E-state index in [-0.39, 0.29) is 0 Å². The molecule has 1 saturated carbocycles. The summed E-state index contributed by atoms with van der Waals surface area (Å²) in [4.78, 5) is 1.45. The summed E-state index contributed by atoms with van der Waals surface area (Å²) in [7, 11) is 0. The van der Waals surface area contributed by atoms with Crippen LogP contribution < -0.4 is 5.73 Å². The highest BCUT2D eigenvalue weighted by molar-refractivity contribution is 7.10. The molecule has 1 aliphatic rings. The largest absolute Gasteiger partial charge is 0.327 e. The Bertz CT molecular complexity index is 254. The van der Waals surface area contributed by atoms with Gasteiger partial charge in [0.2, 0.25) is 0 Å². The van der Waals surface area contributed by atoms with Crippen LogP contribution in [0.15, 0.2) is 11.4 Å². The molecule has 1 aromatic rings. The molecule has 1 fully saturated rings.